The highest BCUT2D eigenvalue weighted by molar-refractivity contribution is 5.83. The molecule has 0 spiro atoms. The van der Waals surface area contributed by atoms with E-state index < -0.39 is 0 Å². The minimum atomic E-state index is -0.167. The molecule has 0 fully saturated rings. The van der Waals surface area contributed by atoms with Gasteiger partial charge in [0.2, 0.25) is 11.4 Å². The molecule has 0 aliphatic heterocycles. The number of hydrogen-bond acceptors (Lipinski definition) is 4. The summed E-state index contributed by atoms with van der Waals surface area (Å²) in [6, 6.07) is 11.0. The Bertz CT molecular complexity index is 960. The molecule has 0 aliphatic carbocycles. The van der Waals surface area contributed by atoms with Gasteiger partial charge in [0, 0.05) is 35.1 Å². The topological polar surface area (TPSA) is 87.6 Å². The Kier molecular flexibility index (Phi) is 2.47. The Balaban J connectivity index is 1.76. The minimum absolute atomic E-state index is 0.167. The molecule has 0 atom stereocenters. The molecular weight excluding hydrogens is 268 g/mol. The van der Waals surface area contributed by atoms with Crippen molar-refractivity contribution in [2.24, 2.45) is 0 Å². The van der Waals surface area contributed by atoms with Gasteiger partial charge in [0.15, 0.2) is 0 Å². The van der Waals surface area contributed by atoms with Gasteiger partial charge in [0.25, 0.3) is 5.89 Å². The Morgan fingerprint density at radius 3 is 2.76 bits per heavy atom. The smallest absolute Gasteiger partial charge is 0.258 e. The minimum Gasteiger partial charge on any atom is -0.361 e. The number of benzene rings is 1. The highest BCUT2D eigenvalue weighted by atomic mass is 16.5. The molecule has 0 saturated heterocycles. The summed E-state index contributed by atoms with van der Waals surface area (Å²) in [5.41, 5.74) is 2.38. The highest BCUT2D eigenvalue weighted by Crippen LogP contribution is 2.24. The van der Waals surface area contributed by atoms with E-state index in [1.165, 1.54) is 6.07 Å². The van der Waals surface area contributed by atoms with Gasteiger partial charge >= 0.3 is 0 Å². The Morgan fingerprint density at radius 2 is 1.90 bits per heavy atom. The van der Waals surface area contributed by atoms with Crippen LogP contribution in [0, 0.1) is 0 Å². The first-order valence-electron chi connectivity index (χ1n) is 6.40. The van der Waals surface area contributed by atoms with Crippen molar-refractivity contribution < 1.29 is 4.52 Å². The van der Waals surface area contributed by atoms with Crippen molar-refractivity contribution in [1.82, 2.24) is 20.1 Å². The Labute approximate surface area is 118 Å². The van der Waals surface area contributed by atoms with Crippen LogP contribution >= 0.6 is 0 Å². The van der Waals surface area contributed by atoms with Crippen LogP contribution in [-0.2, 0) is 0 Å². The van der Waals surface area contributed by atoms with E-state index >= 15 is 0 Å². The molecule has 102 valence electrons. The van der Waals surface area contributed by atoms with E-state index in [4.69, 9.17) is 4.52 Å². The fourth-order valence-electron chi connectivity index (χ4n) is 2.19. The summed E-state index contributed by atoms with van der Waals surface area (Å²) in [4.78, 5) is 21.1. The summed E-state index contributed by atoms with van der Waals surface area (Å²) in [6.07, 6.45) is 3.44. The molecule has 0 amide bonds. The summed E-state index contributed by atoms with van der Waals surface area (Å²) in [6.45, 7) is 0. The summed E-state index contributed by atoms with van der Waals surface area (Å²) in [7, 11) is 0. The number of rotatable bonds is 2. The number of nitrogens with one attached hydrogen (secondary N) is 2. The second-order valence-electron chi connectivity index (χ2n) is 4.64. The van der Waals surface area contributed by atoms with Crippen molar-refractivity contribution in [1.29, 1.82) is 0 Å². The van der Waals surface area contributed by atoms with E-state index in [1.54, 1.807) is 12.3 Å². The molecule has 4 rings (SSSR count). The zero-order chi connectivity index (χ0) is 14.2. The van der Waals surface area contributed by atoms with Crippen molar-refractivity contribution in [2.75, 3.05) is 0 Å². The molecular formula is C15H10N4O2. The summed E-state index contributed by atoms with van der Waals surface area (Å²) < 4.78 is 5.29. The zero-order valence-corrected chi connectivity index (χ0v) is 10.8. The molecule has 6 heteroatoms. The number of H-pyrrole nitrogens is 2. The standard InChI is InChI=1S/C15H10N4O2/c20-13-4-3-11(8-17-13)14-18-15(21-19-14)10-2-1-9-5-6-16-12(9)7-10/h1-8,16H,(H,17,20). The number of aromatic nitrogens is 4. The van der Waals surface area contributed by atoms with E-state index in [1.807, 2.05) is 30.5 Å². The van der Waals surface area contributed by atoms with E-state index in [9.17, 15) is 4.79 Å². The number of hydrogen-bond donors (Lipinski definition) is 2. The van der Waals surface area contributed by atoms with Crippen LogP contribution in [-0.4, -0.2) is 20.1 Å². The molecule has 3 aromatic heterocycles. The van der Waals surface area contributed by atoms with Crippen LogP contribution in [0.15, 0.2) is 58.1 Å². The third-order valence-corrected chi connectivity index (χ3v) is 3.27. The molecule has 6 nitrogen and oxygen atoms in total. The summed E-state index contributed by atoms with van der Waals surface area (Å²) >= 11 is 0. The first kappa shape index (κ1) is 11.7. The maximum Gasteiger partial charge on any atom is 0.258 e. The van der Waals surface area contributed by atoms with Gasteiger partial charge in [0.05, 0.1) is 0 Å². The maximum atomic E-state index is 11.1. The third-order valence-electron chi connectivity index (χ3n) is 3.27. The Hall–Kier alpha value is -3.15. The summed E-state index contributed by atoms with van der Waals surface area (Å²) in [5.74, 6) is 0.875. The lowest BCUT2D eigenvalue weighted by molar-refractivity contribution is 0.432. The highest BCUT2D eigenvalue weighted by Gasteiger charge is 2.11. The summed E-state index contributed by atoms with van der Waals surface area (Å²) in [5, 5.41) is 5.07. The fourth-order valence-corrected chi connectivity index (χ4v) is 2.19. The lowest BCUT2D eigenvalue weighted by atomic mass is 10.1. The number of fused-ring (bicyclic) bond motifs is 1. The van der Waals surface area contributed by atoms with Crippen LogP contribution in [0.2, 0.25) is 0 Å². The van der Waals surface area contributed by atoms with Crippen LogP contribution < -0.4 is 5.56 Å². The Morgan fingerprint density at radius 1 is 1.00 bits per heavy atom. The monoisotopic (exact) mass is 278 g/mol. The molecule has 0 unspecified atom stereocenters. The quantitative estimate of drug-likeness (QED) is 0.590. The average molecular weight is 278 g/mol. The van der Waals surface area contributed by atoms with Gasteiger partial charge in [-0.15, -0.1) is 0 Å². The molecule has 0 bridgehead atoms. The largest absolute Gasteiger partial charge is 0.361 e. The van der Waals surface area contributed by atoms with Gasteiger partial charge in [-0.05, 0) is 29.7 Å². The molecule has 1 aromatic carbocycles. The van der Waals surface area contributed by atoms with Gasteiger partial charge in [-0.2, -0.15) is 4.98 Å². The predicted molar refractivity (Wildman–Crippen MR) is 77.6 cm³/mol. The molecule has 3 heterocycles. The first-order chi connectivity index (χ1) is 10.3. The zero-order valence-electron chi connectivity index (χ0n) is 10.8. The molecule has 21 heavy (non-hydrogen) atoms. The van der Waals surface area contributed by atoms with Gasteiger partial charge in [0.1, 0.15) is 0 Å². The normalized spacial score (nSPS) is 11.0. The number of nitrogens with zero attached hydrogens (tertiary/aromatic N) is 2. The maximum absolute atomic E-state index is 11.1. The van der Waals surface area contributed by atoms with Crippen molar-refractivity contribution in [2.45, 2.75) is 0 Å². The van der Waals surface area contributed by atoms with E-state index in [0.29, 0.717) is 17.3 Å². The van der Waals surface area contributed by atoms with Crippen molar-refractivity contribution in [3.8, 4) is 22.8 Å². The van der Waals surface area contributed by atoms with Crippen LogP contribution in [0.4, 0.5) is 0 Å². The SMILES string of the molecule is O=c1ccc(-c2noc(-c3ccc4cc[nH]c4c3)n2)c[nH]1. The lowest BCUT2D eigenvalue weighted by Gasteiger charge is -1.94. The van der Waals surface area contributed by atoms with Crippen LogP contribution in [0.3, 0.4) is 0 Å². The molecule has 0 radical (unpaired) electrons. The number of aromatic amines is 2. The van der Waals surface area contributed by atoms with Gasteiger partial charge in [-0.25, -0.2) is 0 Å². The second kappa shape index (κ2) is 4.45. The molecule has 2 N–H and O–H groups in total. The average Bonchev–Trinajstić information content (AvgIpc) is 3.16. The second-order valence-corrected chi connectivity index (χ2v) is 4.64. The van der Waals surface area contributed by atoms with Gasteiger partial charge < -0.3 is 14.5 Å². The third kappa shape index (κ3) is 2.02. The van der Waals surface area contributed by atoms with Crippen LogP contribution in [0.25, 0.3) is 33.7 Å². The van der Waals surface area contributed by atoms with Gasteiger partial charge in [-0.3, -0.25) is 4.79 Å². The van der Waals surface area contributed by atoms with Crippen molar-refractivity contribution in [3.05, 3.63) is 59.1 Å². The molecule has 4 aromatic rings. The van der Waals surface area contributed by atoms with E-state index in [2.05, 4.69) is 20.1 Å². The predicted octanol–water partition coefficient (Wildman–Crippen LogP) is 2.57. The lowest BCUT2D eigenvalue weighted by Crippen LogP contribution is -2.01. The van der Waals surface area contributed by atoms with E-state index in [0.717, 1.165) is 16.5 Å². The number of pyridine rings is 1. The van der Waals surface area contributed by atoms with E-state index in [-0.39, 0.29) is 5.56 Å². The van der Waals surface area contributed by atoms with Crippen LogP contribution in [0.5, 0.6) is 0 Å². The fraction of sp³-hybridized carbons (Fsp3) is 0. The first-order valence-corrected chi connectivity index (χ1v) is 6.40. The van der Waals surface area contributed by atoms with Crippen molar-refractivity contribution >= 4 is 10.9 Å². The molecule has 0 saturated carbocycles. The molecule has 0 aliphatic rings. The van der Waals surface area contributed by atoms with Crippen LogP contribution in [0.1, 0.15) is 0 Å². The van der Waals surface area contributed by atoms with Gasteiger partial charge in [-0.1, -0.05) is 11.2 Å². The van der Waals surface area contributed by atoms with Crippen molar-refractivity contribution in [3.63, 3.8) is 0 Å².